The first-order valence-corrected chi connectivity index (χ1v) is 15.8. The van der Waals surface area contributed by atoms with Crippen molar-refractivity contribution in [3.05, 3.63) is 158 Å². The predicted octanol–water partition coefficient (Wildman–Crippen LogP) is 11.0. The van der Waals surface area contributed by atoms with Crippen LogP contribution >= 0.6 is 0 Å². The minimum atomic E-state index is 0.833. The molecule has 0 atom stereocenters. The van der Waals surface area contributed by atoms with E-state index in [0.29, 0.717) is 0 Å². The van der Waals surface area contributed by atoms with Gasteiger partial charge in [-0.3, -0.25) is 4.40 Å². The predicted molar refractivity (Wildman–Crippen MR) is 192 cm³/mol. The van der Waals surface area contributed by atoms with Crippen LogP contribution < -0.4 is 0 Å². The SMILES string of the molecule is CC.c1ccc(-c2ccc3c(c2)c2cc(-c4ccccc4)ccc2n3-c2ccc(-c3nnc4c5ccccc5ccn34)cc2)cc1. The Labute approximate surface area is 267 Å². The molecule has 0 radical (unpaired) electrons. The third-order valence-corrected chi connectivity index (χ3v) is 8.66. The van der Waals surface area contributed by atoms with Gasteiger partial charge in [0.25, 0.3) is 0 Å². The van der Waals surface area contributed by atoms with Crippen molar-refractivity contribution in [3.8, 4) is 39.3 Å². The first kappa shape index (κ1) is 27.5. The largest absolute Gasteiger partial charge is 0.309 e. The van der Waals surface area contributed by atoms with E-state index in [1.165, 1.54) is 44.1 Å². The average Bonchev–Trinajstić information content (AvgIpc) is 3.72. The van der Waals surface area contributed by atoms with Gasteiger partial charge in [0.1, 0.15) is 0 Å². The molecule has 9 aromatic rings. The quantitative estimate of drug-likeness (QED) is 0.204. The average molecular weight is 593 g/mol. The molecule has 0 aliphatic carbocycles. The van der Waals surface area contributed by atoms with Crippen molar-refractivity contribution in [2.75, 3.05) is 0 Å². The first-order chi connectivity index (χ1) is 22.8. The van der Waals surface area contributed by atoms with Crippen LogP contribution in [0.3, 0.4) is 0 Å². The van der Waals surface area contributed by atoms with E-state index >= 15 is 0 Å². The van der Waals surface area contributed by atoms with Crippen molar-refractivity contribution < 1.29 is 0 Å². The summed E-state index contributed by atoms with van der Waals surface area (Å²) in [5.41, 5.74) is 10.2. The molecule has 0 saturated carbocycles. The zero-order chi connectivity index (χ0) is 31.0. The van der Waals surface area contributed by atoms with Crippen LogP contribution in [0.1, 0.15) is 13.8 Å². The number of rotatable bonds is 4. The highest BCUT2D eigenvalue weighted by atomic mass is 15.2. The fraction of sp³-hybridized carbons (Fsp3) is 0.0476. The molecule has 0 spiro atoms. The van der Waals surface area contributed by atoms with E-state index in [1.807, 2.05) is 19.9 Å². The van der Waals surface area contributed by atoms with Crippen LogP contribution in [0, 0.1) is 0 Å². The van der Waals surface area contributed by atoms with Gasteiger partial charge in [-0.25, -0.2) is 0 Å². The maximum Gasteiger partial charge on any atom is 0.168 e. The summed E-state index contributed by atoms with van der Waals surface area (Å²) >= 11 is 0. The Hall–Kier alpha value is -6.00. The van der Waals surface area contributed by atoms with Gasteiger partial charge in [-0.05, 0) is 82.2 Å². The normalized spacial score (nSPS) is 11.3. The van der Waals surface area contributed by atoms with Gasteiger partial charge < -0.3 is 4.57 Å². The molecule has 0 saturated heterocycles. The minimum absolute atomic E-state index is 0.833. The number of nitrogens with zero attached hydrogens (tertiary/aromatic N) is 4. The molecule has 0 bridgehead atoms. The van der Waals surface area contributed by atoms with Crippen LogP contribution in [-0.4, -0.2) is 19.2 Å². The Bertz CT molecular complexity index is 2370. The third-order valence-electron chi connectivity index (χ3n) is 8.66. The Balaban J connectivity index is 0.00000153. The van der Waals surface area contributed by atoms with Gasteiger partial charge in [0.2, 0.25) is 0 Å². The summed E-state index contributed by atoms with van der Waals surface area (Å²) in [6, 6.07) is 53.9. The van der Waals surface area contributed by atoms with Crippen LogP contribution in [0.2, 0.25) is 0 Å². The van der Waals surface area contributed by atoms with E-state index in [4.69, 9.17) is 0 Å². The lowest BCUT2D eigenvalue weighted by Crippen LogP contribution is -1.95. The molecule has 9 rings (SSSR count). The van der Waals surface area contributed by atoms with Gasteiger partial charge in [-0.2, -0.15) is 0 Å². The lowest BCUT2D eigenvalue weighted by Gasteiger charge is -2.10. The Kier molecular flexibility index (Phi) is 6.88. The Morgan fingerprint density at radius 1 is 0.435 bits per heavy atom. The molecule has 4 nitrogen and oxygen atoms in total. The van der Waals surface area contributed by atoms with E-state index in [9.17, 15) is 0 Å². The van der Waals surface area contributed by atoms with Crippen molar-refractivity contribution in [2.24, 2.45) is 0 Å². The lowest BCUT2D eigenvalue weighted by molar-refractivity contribution is 1.11. The van der Waals surface area contributed by atoms with Crippen molar-refractivity contribution in [2.45, 2.75) is 13.8 Å². The van der Waals surface area contributed by atoms with Crippen molar-refractivity contribution in [1.29, 1.82) is 0 Å². The van der Waals surface area contributed by atoms with Crippen molar-refractivity contribution >= 4 is 38.2 Å². The molecule has 46 heavy (non-hydrogen) atoms. The standard InChI is InChI=1S/C40H26N4.C2H6/c1-3-9-27(10-4-1)31-17-21-37-35(25-31)36-26-32(28-11-5-2-6-12-28)18-22-38(36)44(37)33-19-15-30(16-20-33)39-41-42-40-34-14-8-7-13-29(34)23-24-43(39)40;1-2/h1-26H;1-2H3. The Morgan fingerprint density at radius 2 is 0.978 bits per heavy atom. The van der Waals surface area contributed by atoms with E-state index in [2.05, 4.69) is 171 Å². The molecule has 0 fully saturated rings. The summed E-state index contributed by atoms with van der Waals surface area (Å²) < 4.78 is 4.45. The molecule has 3 heterocycles. The van der Waals surface area contributed by atoms with E-state index in [-0.39, 0.29) is 0 Å². The Morgan fingerprint density at radius 3 is 1.59 bits per heavy atom. The molecular weight excluding hydrogens is 560 g/mol. The van der Waals surface area contributed by atoms with Crippen LogP contribution in [0.5, 0.6) is 0 Å². The molecule has 0 aliphatic heterocycles. The maximum atomic E-state index is 4.59. The molecule has 0 amide bonds. The highest BCUT2D eigenvalue weighted by molar-refractivity contribution is 6.11. The van der Waals surface area contributed by atoms with E-state index in [1.54, 1.807) is 0 Å². The minimum Gasteiger partial charge on any atom is -0.309 e. The number of fused-ring (bicyclic) bond motifs is 6. The zero-order valence-corrected chi connectivity index (χ0v) is 25.8. The second-order valence-electron chi connectivity index (χ2n) is 11.2. The summed E-state index contributed by atoms with van der Waals surface area (Å²) in [6.45, 7) is 4.00. The maximum absolute atomic E-state index is 4.59. The van der Waals surface area contributed by atoms with E-state index < -0.39 is 0 Å². The van der Waals surface area contributed by atoms with Crippen LogP contribution in [0.4, 0.5) is 0 Å². The lowest BCUT2D eigenvalue weighted by atomic mass is 10.0. The van der Waals surface area contributed by atoms with Gasteiger partial charge >= 0.3 is 0 Å². The van der Waals surface area contributed by atoms with Gasteiger partial charge in [-0.15, -0.1) is 10.2 Å². The second-order valence-corrected chi connectivity index (χ2v) is 11.2. The summed E-state index contributed by atoms with van der Waals surface area (Å²) in [7, 11) is 0. The van der Waals surface area contributed by atoms with Crippen LogP contribution in [0.15, 0.2) is 158 Å². The highest BCUT2D eigenvalue weighted by Gasteiger charge is 2.16. The van der Waals surface area contributed by atoms with Crippen molar-refractivity contribution in [3.63, 3.8) is 0 Å². The monoisotopic (exact) mass is 592 g/mol. The molecule has 220 valence electrons. The second kappa shape index (κ2) is 11.5. The smallest absolute Gasteiger partial charge is 0.168 e. The molecule has 3 aromatic heterocycles. The van der Waals surface area contributed by atoms with Gasteiger partial charge in [0, 0.05) is 33.6 Å². The van der Waals surface area contributed by atoms with Crippen LogP contribution in [-0.2, 0) is 0 Å². The van der Waals surface area contributed by atoms with E-state index in [0.717, 1.165) is 33.5 Å². The van der Waals surface area contributed by atoms with Gasteiger partial charge in [0.15, 0.2) is 11.5 Å². The van der Waals surface area contributed by atoms with Crippen LogP contribution in [0.25, 0.3) is 77.6 Å². The number of hydrogen-bond donors (Lipinski definition) is 0. The number of aromatic nitrogens is 4. The number of pyridine rings is 1. The van der Waals surface area contributed by atoms with Crippen molar-refractivity contribution in [1.82, 2.24) is 19.2 Å². The molecule has 0 N–H and O–H groups in total. The fourth-order valence-electron chi connectivity index (χ4n) is 6.50. The summed E-state index contributed by atoms with van der Waals surface area (Å²) in [6.07, 6.45) is 2.06. The van der Waals surface area contributed by atoms with Gasteiger partial charge in [-0.1, -0.05) is 111 Å². The van der Waals surface area contributed by atoms with Gasteiger partial charge in [0.05, 0.1) is 11.0 Å². The molecule has 6 aromatic carbocycles. The highest BCUT2D eigenvalue weighted by Crippen LogP contribution is 2.37. The summed E-state index contributed by atoms with van der Waals surface area (Å²) in [4.78, 5) is 0. The first-order valence-electron chi connectivity index (χ1n) is 15.8. The fourth-order valence-corrected chi connectivity index (χ4v) is 6.50. The number of benzene rings is 6. The molecule has 0 aliphatic rings. The third kappa shape index (κ3) is 4.54. The summed E-state index contributed by atoms with van der Waals surface area (Å²) in [5, 5.41) is 13.9. The molecule has 0 unspecified atom stereocenters. The zero-order valence-electron chi connectivity index (χ0n) is 25.8. The molecule has 4 heteroatoms. The summed E-state index contributed by atoms with van der Waals surface area (Å²) in [5.74, 6) is 0.833. The topological polar surface area (TPSA) is 35.1 Å². The molecular formula is C42H32N4. The number of hydrogen-bond acceptors (Lipinski definition) is 2.